The zero-order valence-electron chi connectivity index (χ0n) is 14.4. The van der Waals surface area contributed by atoms with Gasteiger partial charge in [0.1, 0.15) is 5.75 Å². The van der Waals surface area contributed by atoms with E-state index in [9.17, 15) is 0 Å². The minimum absolute atomic E-state index is 0.123. The Hall–Kier alpha value is -2.82. The minimum Gasteiger partial charge on any atom is -0.496 e. The van der Waals surface area contributed by atoms with E-state index >= 15 is 0 Å². The van der Waals surface area contributed by atoms with Crippen molar-refractivity contribution in [3.8, 4) is 28.5 Å². The SMILES string of the molecule is COc1ccc(N)cc1-c1nc(-c2ccc(C(C)(C)C)cc2)n[nH]1. The summed E-state index contributed by atoms with van der Waals surface area (Å²) in [6.45, 7) is 6.58. The van der Waals surface area contributed by atoms with Gasteiger partial charge in [0.25, 0.3) is 0 Å². The fraction of sp³-hybridized carbons (Fsp3) is 0.263. The number of hydrogen-bond donors (Lipinski definition) is 2. The van der Waals surface area contributed by atoms with Gasteiger partial charge in [-0.3, -0.25) is 5.10 Å². The van der Waals surface area contributed by atoms with Crippen LogP contribution in [0.25, 0.3) is 22.8 Å². The van der Waals surface area contributed by atoms with E-state index in [1.807, 2.05) is 24.3 Å². The fourth-order valence-corrected chi connectivity index (χ4v) is 2.54. The van der Waals surface area contributed by atoms with Gasteiger partial charge in [-0.05, 0) is 29.2 Å². The summed E-state index contributed by atoms with van der Waals surface area (Å²) in [5.41, 5.74) is 9.69. The molecule has 3 N–H and O–H groups in total. The Kier molecular flexibility index (Phi) is 4.01. The number of aromatic nitrogens is 3. The van der Waals surface area contributed by atoms with E-state index in [1.165, 1.54) is 5.56 Å². The van der Waals surface area contributed by atoms with Crippen molar-refractivity contribution in [1.82, 2.24) is 15.2 Å². The lowest BCUT2D eigenvalue weighted by Crippen LogP contribution is -2.10. The number of H-pyrrole nitrogens is 1. The van der Waals surface area contributed by atoms with Crippen LogP contribution in [0.15, 0.2) is 42.5 Å². The van der Waals surface area contributed by atoms with Crippen LogP contribution in [0, 0.1) is 0 Å². The zero-order valence-corrected chi connectivity index (χ0v) is 14.4. The van der Waals surface area contributed by atoms with Crippen molar-refractivity contribution in [3.05, 3.63) is 48.0 Å². The first-order valence-corrected chi connectivity index (χ1v) is 7.85. The number of nitrogen functional groups attached to an aromatic ring is 1. The van der Waals surface area contributed by atoms with Crippen LogP contribution >= 0.6 is 0 Å². The van der Waals surface area contributed by atoms with Crippen molar-refractivity contribution < 1.29 is 4.74 Å². The molecule has 1 heterocycles. The smallest absolute Gasteiger partial charge is 0.181 e. The molecule has 3 rings (SSSR count). The molecule has 0 aliphatic heterocycles. The molecular weight excluding hydrogens is 300 g/mol. The number of ether oxygens (including phenoxy) is 1. The van der Waals surface area contributed by atoms with E-state index in [2.05, 4.69) is 48.1 Å². The molecule has 3 aromatic rings. The van der Waals surface area contributed by atoms with Gasteiger partial charge in [-0.25, -0.2) is 4.98 Å². The second-order valence-corrected chi connectivity index (χ2v) is 6.79. The van der Waals surface area contributed by atoms with E-state index in [0.29, 0.717) is 23.1 Å². The summed E-state index contributed by atoms with van der Waals surface area (Å²) >= 11 is 0. The first-order valence-electron chi connectivity index (χ1n) is 7.85. The molecule has 0 bridgehead atoms. The third kappa shape index (κ3) is 3.11. The first kappa shape index (κ1) is 16.1. The number of aromatic amines is 1. The van der Waals surface area contributed by atoms with E-state index in [4.69, 9.17) is 10.5 Å². The highest BCUT2D eigenvalue weighted by Crippen LogP contribution is 2.31. The van der Waals surface area contributed by atoms with Crippen molar-refractivity contribution >= 4 is 5.69 Å². The standard InChI is InChI=1S/C19H22N4O/c1-19(2,3)13-7-5-12(6-8-13)17-21-18(23-22-17)15-11-14(20)9-10-16(15)24-4/h5-11H,20H2,1-4H3,(H,21,22,23). The van der Waals surface area contributed by atoms with E-state index in [1.54, 1.807) is 13.2 Å². The summed E-state index contributed by atoms with van der Waals surface area (Å²) < 4.78 is 5.38. The maximum absolute atomic E-state index is 5.88. The molecular formula is C19H22N4O. The molecule has 5 nitrogen and oxygen atoms in total. The number of nitrogens with two attached hydrogens (primary N) is 1. The average Bonchev–Trinajstić information content (AvgIpc) is 3.04. The lowest BCUT2D eigenvalue weighted by molar-refractivity contribution is 0.416. The van der Waals surface area contributed by atoms with Crippen molar-refractivity contribution in [3.63, 3.8) is 0 Å². The molecule has 0 aliphatic rings. The lowest BCUT2D eigenvalue weighted by Gasteiger charge is -2.18. The molecule has 124 valence electrons. The molecule has 0 spiro atoms. The number of hydrogen-bond acceptors (Lipinski definition) is 4. The quantitative estimate of drug-likeness (QED) is 0.714. The molecule has 0 amide bonds. The van der Waals surface area contributed by atoms with Gasteiger partial charge >= 0.3 is 0 Å². The maximum Gasteiger partial charge on any atom is 0.181 e. The van der Waals surface area contributed by atoms with Crippen molar-refractivity contribution in [1.29, 1.82) is 0 Å². The second kappa shape index (κ2) is 6.00. The van der Waals surface area contributed by atoms with Crippen LogP contribution in [0.4, 0.5) is 5.69 Å². The van der Waals surface area contributed by atoms with Crippen LogP contribution < -0.4 is 10.5 Å². The predicted molar refractivity (Wildman–Crippen MR) is 96.9 cm³/mol. The Bertz CT molecular complexity index is 845. The van der Waals surface area contributed by atoms with Gasteiger partial charge in [-0.1, -0.05) is 45.0 Å². The highest BCUT2D eigenvalue weighted by Gasteiger charge is 2.15. The number of methoxy groups -OCH3 is 1. The fourth-order valence-electron chi connectivity index (χ4n) is 2.54. The van der Waals surface area contributed by atoms with Gasteiger partial charge in [0.05, 0.1) is 12.7 Å². The Balaban J connectivity index is 1.95. The third-order valence-electron chi connectivity index (χ3n) is 3.97. The molecule has 0 saturated carbocycles. The molecule has 0 unspecified atom stereocenters. The zero-order chi connectivity index (χ0) is 17.3. The van der Waals surface area contributed by atoms with Crippen molar-refractivity contribution in [2.24, 2.45) is 0 Å². The molecule has 0 atom stereocenters. The monoisotopic (exact) mass is 322 g/mol. The Morgan fingerprint density at radius 1 is 1.04 bits per heavy atom. The topological polar surface area (TPSA) is 76.8 Å². The van der Waals surface area contributed by atoms with Crippen LogP contribution in [0.1, 0.15) is 26.3 Å². The van der Waals surface area contributed by atoms with E-state index < -0.39 is 0 Å². The molecule has 0 radical (unpaired) electrons. The van der Waals surface area contributed by atoms with E-state index in [0.717, 1.165) is 11.1 Å². The molecule has 1 aromatic heterocycles. The average molecular weight is 322 g/mol. The molecule has 5 heteroatoms. The third-order valence-corrected chi connectivity index (χ3v) is 3.97. The summed E-state index contributed by atoms with van der Waals surface area (Å²) in [7, 11) is 1.62. The maximum atomic E-state index is 5.88. The van der Waals surface area contributed by atoms with Gasteiger partial charge in [-0.2, -0.15) is 5.10 Å². The minimum atomic E-state index is 0.123. The van der Waals surface area contributed by atoms with Crippen LogP contribution in [-0.4, -0.2) is 22.3 Å². The van der Waals surface area contributed by atoms with Gasteiger partial charge in [0.15, 0.2) is 11.6 Å². The number of nitrogens with zero attached hydrogens (tertiary/aromatic N) is 2. The number of benzene rings is 2. The van der Waals surface area contributed by atoms with Crippen LogP contribution in [0.2, 0.25) is 0 Å². The van der Waals surface area contributed by atoms with Gasteiger partial charge in [0, 0.05) is 11.3 Å². The second-order valence-electron chi connectivity index (χ2n) is 6.79. The summed E-state index contributed by atoms with van der Waals surface area (Å²) in [5.74, 6) is 1.99. The molecule has 0 fully saturated rings. The largest absolute Gasteiger partial charge is 0.496 e. The summed E-state index contributed by atoms with van der Waals surface area (Å²) in [4.78, 5) is 4.59. The number of anilines is 1. The van der Waals surface area contributed by atoms with Gasteiger partial charge in [-0.15, -0.1) is 0 Å². The Morgan fingerprint density at radius 2 is 1.75 bits per heavy atom. The van der Waals surface area contributed by atoms with Gasteiger partial charge in [0.2, 0.25) is 0 Å². The summed E-state index contributed by atoms with van der Waals surface area (Å²) in [5, 5.41) is 7.30. The van der Waals surface area contributed by atoms with Crippen LogP contribution in [-0.2, 0) is 5.41 Å². The molecule has 24 heavy (non-hydrogen) atoms. The number of rotatable bonds is 3. The first-order chi connectivity index (χ1) is 11.4. The van der Waals surface area contributed by atoms with Gasteiger partial charge < -0.3 is 10.5 Å². The highest BCUT2D eigenvalue weighted by molar-refractivity contribution is 5.70. The van der Waals surface area contributed by atoms with Crippen molar-refractivity contribution in [2.75, 3.05) is 12.8 Å². The van der Waals surface area contributed by atoms with Crippen molar-refractivity contribution in [2.45, 2.75) is 26.2 Å². The van der Waals surface area contributed by atoms with E-state index in [-0.39, 0.29) is 5.41 Å². The molecule has 0 saturated heterocycles. The molecule has 2 aromatic carbocycles. The predicted octanol–water partition coefficient (Wildman–Crippen LogP) is 4.03. The summed E-state index contributed by atoms with van der Waals surface area (Å²) in [6.07, 6.45) is 0. The summed E-state index contributed by atoms with van der Waals surface area (Å²) in [6, 6.07) is 13.8. The van der Waals surface area contributed by atoms with Crippen LogP contribution in [0.5, 0.6) is 5.75 Å². The Morgan fingerprint density at radius 3 is 2.38 bits per heavy atom. The lowest BCUT2D eigenvalue weighted by atomic mass is 9.87. The Labute approximate surface area is 141 Å². The van der Waals surface area contributed by atoms with Crippen LogP contribution in [0.3, 0.4) is 0 Å². The number of nitrogens with one attached hydrogen (secondary N) is 1. The normalized spacial score (nSPS) is 11.5. The molecule has 0 aliphatic carbocycles. The highest BCUT2D eigenvalue weighted by atomic mass is 16.5.